The van der Waals surface area contributed by atoms with Gasteiger partial charge in [0.15, 0.2) is 0 Å². The van der Waals surface area contributed by atoms with E-state index >= 15 is 0 Å². The predicted molar refractivity (Wildman–Crippen MR) is 72.9 cm³/mol. The molecular formula is C13H20O5S. The summed E-state index contributed by atoms with van der Waals surface area (Å²) < 4.78 is 41.2. The summed E-state index contributed by atoms with van der Waals surface area (Å²) >= 11 is 0. The summed E-state index contributed by atoms with van der Waals surface area (Å²) in [7, 11) is -2.45. The Bertz CT molecular complexity index is 457. The van der Waals surface area contributed by atoms with Crippen molar-refractivity contribution < 1.29 is 22.4 Å². The van der Waals surface area contributed by atoms with Gasteiger partial charge in [-0.3, -0.25) is 4.55 Å². The molecule has 5 nitrogen and oxygen atoms in total. The lowest BCUT2D eigenvalue weighted by Crippen LogP contribution is -2.28. The molecule has 19 heavy (non-hydrogen) atoms. The molecule has 108 valence electrons. The van der Waals surface area contributed by atoms with E-state index in [1.54, 1.807) is 6.92 Å². The van der Waals surface area contributed by atoms with Gasteiger partial charge in [0.05, 0.1) is 18.5 Å². The third-order valence-corrected chi connectivity index (χ3v) is 3.77. The van der Waals surface area contributed by atoms with E-state index in [9.17, 15) is 8.42 Å². The van der Waals surface area contributed by atoms with Gasteiger partial charge < -0.3 is 9.47 Å². The number of para-hydroxylation sites is 1. The van der Waals surface area contributed by atoms with Crippen molar-refractivity contribution in [2.45, 2.75) is 19.4 Å². The molecule has 0 saturated heterocycles. The van der Waals surface area contributed by atoms with E-state index in [1.807, 2.05) is 30.3 Å². The van der Waals surface area contributed by atoms with Gasteiger partial charge >= 0.3 is 0 Å². The van der Waals surface area contributed by atoms with Crippen LogP contribution in [0.5, 0.6) is 5.75 Å². The maximum atomic E-state index is 10.8. The summed E-state index contributed by atoms with van der Waals surface area (Å²) in [5.74, 6) is 0.163. The number of hydrogen-bond donors (Lipinski definition) is 1. The smallest absolute Gasteiger partial charge is 0.265 e. The van der Waals surface area contributed by atoms with E-state index in [0.29, 0.717) is 13.0 Å². The minimum Gasteiger partial charge on any atom is -0.493 e. The summed E-state index contributed by atoms with van der Waals surface area (Å²) in [4.78, 5) is 0. The lowest BCUT2D eigenvalue weighted by atomic mass is 10.0. The van der Waals surface area contributed by atoms with Gasteiger partial charge in [0, 0.05) is 13.5 Å². The molecule has 0 amide bonds. The largest absolute Gasteiger partial charge is 0.493 e. The Labute approximate surface area is 114 Å². The van der Waals surface area contributed by atoms with Gasteiger partial charge in [-0.05, 0) is 18.1 Å². The molecule has 0 saturated carbocycles. The Balaban J connectivity index is 2.40. The molecule has 1 aromatic rings. The van der Waals surface area contributed by atoms with Crippen molar-refractivity contribution in [3.05, 3.63) is 30.3 Å². The predicted octanol–water partition coefficient (Wildman–Crippen LogP) is 1.99. The van der Waals surface area contributed by atoms with Crippen LogP contribution in [0.15, 0.2) is 30.3 Å². The summed E-state index contributed by atoms with van der Waals surface area (Å²) in [6.07, 6.45) is 0.285. The number of benzene rings is 1. The first-order chi connectivity index (χ1) is 8.92. The standard InChI is InChI=1S/C13H20O5S/c1-11(10-19(14,15)16)13(17-2)8-9-18-12-6-4-3-5-7-12/h3-7,11,13H,8-10H2,1-2H3,(H,14,15,16). The minimum atomic E-state index is -3.98. The zero-order valence-corrected chi connectivity index (χ0v) is 12.0. The van der Waals surface area contributed by atoms with Crippen LogP contribution in [0.3, 0.4) is 0 Å². The third-order valence-electron chi connectivity index (χ3n) is 2.83. The maximum Gasteiger partial charge on any atom is 0.265 e. The third kappa shape index (κ3) is 6.56. The molecule has 2 unspecified atom stereocenters. The van der Waals surface area contributed by atoms with Gasteiger partial charge in [0.2, 0.25) is 0 Å². The highest BCUT2D eigenvalue weighted by molar-refractivity contribution is 7.85. The number of hydrogen-bond acceptors (Lipinski definition) is 4. The quantitative estimate of drug-likeness (QED) is 0.741. The first-order valence-corrected chi connectivity index (χ1v) is 7.69. The second-order valence-electron chi connectivity index (χ2n) is 4.45. The van der Waals surface area contributed by atoms with Crippen LogP contribution >= 0.6 is 0 Å². The second-order valence-corrected chi connectivity index (χ2v) is 5.95. The Hall–Kier alpha value is -1.11. The highest BCUT2D eigenvalue weighted by atomic mass is 32.2. The molecule has 0 aromatic heterocycles. The Morgan fingerprint density at radius 1 is 1.26 bits per heavy atom. The van der Waals surface area contributed by atoms with E-state index in [0.717, 1.165) is 5.75 Å². The van der Waals surface area contributed by atoms with Crippen LogP contribution in [-0.4, -0.2) is 38.5 Å². The number of ether oxygens (including phenoxy) is 2. The molecule has 1 aromatic carbocycles. The topological polar surface area (TPSA) is 72.8 Å². The summed E-state index contributed by atoms with van der Waals surface area (Å²) in [6, 6.07) is 9.36. The van der Waals surface area contributed by atoms with Crippen LogP contribution in [0.4, 0.5) is 0 Å². The fourth-order valence-corrected chi connectivity index (χ4v) is 2.76. The summed E-state index contributed by atoms with van der Waals surface area (Å²) in [5, 5.41) is 0. The van der Waals surface area contributed by atoms with Gasteiger partial charge in [-0.15, -0.1) is 0 Å². The molecule has 1 rings (SSSR count). The van der Waals surface area contributed by atoms with Crippen LogP contribution in [0.2, 0.25) is 0 Å². The van der Waals surface area contributed by atoms with Crippen molar-refractivity contribution in [1.29, 1.82) is 0 Å². The molecule has 0 heterocycles. The lowest BCUT2D eigenvalue weighted by molar-refractivity contribution is 0.0472. The molecule has 6 heteroatoms. The number of rotatable bonds is 8. The van der Waals surface area contributed by atoms with E-state index in [-0.39, 0.29) is 17.8 Å². The first-order valence-electron chi connectivity index (χ1n) is 6.08. The van der Waals surface area contributed by atoms with E-state index < -0.39 is 10.1 Å². The zero-order valence-electron chi connectivity index (χ0n) is 11.2. The van der Waals surface area contributed by atoms with Crippen LogP contribution < -0.4 is 4.74 Å². The van der Waals surface area contributed by atoms with Crippen LogP contribution in [0.25, 0.3) is 0 Å². The molecule has 0 aliphatic carbocycles. The van der Waals surface area contributed by atoms with Gasteiger partial charge in [-0.25, -0.2) is 0 Å². The summed E-state index contributed by atoms with van der Waals surface area (Å²) in [6.45, 7) is 2.16. The molecule has 0 aliphatic heterocycles. The highest BCUT2D eigenvalue weighted by Gasteiger charge is 2.22. The Kier molecular flexibility index (Phi) is 6.27. The molecule has 1 N–H and O–H groups in total. The van der Waals surface area contributed by atoms with E-state index in [1.165, 1.54) is 7.11 Å². The average molecular weight is 288 g/mol. The van der Waals surface area contributed by atoms with Gasteiger partial charge in [0.25, 0.3) is 10.1 Å². The molecule has 0 fully saturated rings. The fraction of sp³-hybridized carbons (Fsp3) is 0.538. The first kappa shape index (κ1) is 15.9. The molecule has 0 bridgehead atoms. The van der Waals surface area contributed by atoms with Crippen molar-refractivity contribution in [3.8, 4) is 5.75 Å². The molecule has 0 spiro atoms. The van der Waals surface area contributed by atoms with Crippen molar-refractivity contribution in [1.82, 2.24) is 0 Å². The van der Waals surface area contributed by atoms with Gasteiger partial charge in [0.1, 0.15) is 5.75 Å². The fourth-order valence-electron chi connectivity index (χ4n) is 1.88. The monoisotopic (exact) mass is 288 g/mol. The van der Waals surface area contributed by atoms with E-state index in [4.69, 9.17) is 14.0 Å². The van der Waals surface area contributed by atoms with Crippen molar-refractivity contribution in [2.75, 3.05) is 19.5 Å². The van der Waals surface area contributed by atoms with Crippen molar-refractivity contribution in [3.63, 3.8) is 0 Å². The lowest BCUT2D eigenvalue weighted by Gasteiger charge is -2.21. The SMILES string of the molecule is COC(CCOc1ccccc1)C(C)CS(=O)(=O)O. The van der Waals surface area contributed by atoms with Crippen molar-refractivity contribution in [2.24, 2.45) is 5.92 Å². The Morgan fingerprint density at radius 3 is 2.42 bits per heavy atom. The molecule has 0 radical (unpaired) electrons. The second kappa shape index (κ2) is 7.47. The maximum absolute atomic E-state index is 10.8. The Morgan fingerprint density at radius 2 is 1.89 bits per heavy atom. The van der Waals surface area contributed by atoms with Crippen molar-refractivity contribution >= 4 is 10.1 Å². The van der Waals surface area contributed by atoms with Crippen LogP contribution in [0, 0.1) is 5.92 Å². The highest BCUT2D eigenvalue weighted by Crippen LogP contribution is 2.15. The van der Waals surface area contributed by atoms with Gasteiger partial charge in [-0.1, -0.05) is 25.1 Å². The molecular weight excluding hydrogens is 268 g/mol. The molecule has 0 aliphatic rings. The van der Waals surface area contributed by atoms with Crippen LogP contribution in [-0.2, 0) is 14.9 Å². The summed E-state index contributed by atoms with van der Waals surface area (Å²) in [5.41, 5.74) is 0. The normalized spacial score (nSPS) is 14.9. The molecule has 2 atom stereocenters. The zero-order chi connectivity index (χ0) is 14.3. The van der Waals surface area contributed by atoms with Gasteiger partial charge in [-0.2, -0.15) is 8.42 Å². The average Bonchev–Trinajstić information content (AvgIpc) is 2.33. The minimum absolute atomic E-state index is 0.273. The number of methoxy groups -OCH3 is 1. The van der Waals surface area contributed by atoms with E-state index in [2.05, 4.69) is 0 Å². The van der Waals surface area contributed by atoms with Crippen LogP contribution in [0.1, 0.15) is 13.3 Å².